The fourth-order valence-corrected chi connectivity index (χ4v) is 2.81. The van der Waals surface area contributed by atoms with Gasteiger partial charge in [0, 0.05) is 11.1 Å². The Labute approximate surface area is 100 Å². The van der Waals surface area contributed by atoms with E-state index in [0.717, 1.165) is 30.6 Å². The van der Waals surface area contributed by atoms with E-state index in [9.17, 15) is 4.39 Å². The zero-order valence-corrected chi connectivity index (χ0v) is 10.0. The van der Waals surface area contributed by atoms with Crippen LogP contribution in [0.25, 0.3) is 10.9 Å². The van der Waals surface area contributed by atoms with E-state index in [0.29, 0.717) is 11.4 Å². The van der Waals surface area contributed by atoms with Gasteiger partial charge in [-0.15, -0.1) is 0 Å². The van der Waals surface area contributed by atoms with Crippen LogP contribution in [0.15, 0.2) is 18.2 Å². The Balaban J connectivity index is 2.02. The second-order valence-electron chi connectivity index (χ2n) is 4.95. The molecule has 0 aliphatic carbocycles. The number of nitrogens with one attached hydrogen (secondary N) is 2. The molecular formula is C14H17FN2. The molecule has 1 aliphatic heterocycles. The number of halogens is 1. The van der Waals surface area contributed by atoms with E-state index in [1.54, 1.807) is 6.07 Å². The van der Waals surface area contributed by atoms with Gasteiger partial charge in [0.2, 0.25) is 0 Å². The van der Waals surface area contributed by atoms with Crippen molar-refractivity contribution in [2.45, 2.75) is 19.8 Å². The molecule has 0 radical (unpaired) electrons. The molecule has 1 unspecified atom stereocenters. The highest BCUT2D eigenvalue weighted by molar-refractivity contribution is 5.85. The van der Waals surface area contributed by atoms with Crippen LogP contribution in [0.3, 0.4) is 0 Å². The second kappa shape index (κ2) is 4.15. The maximum absolute atomic E-state index is 13.6. The van der Waals surface area contributed by atoms with Gasteiger partial charge in [-0.05, 0) is 50.4 Å². The summed E-state index contributed by atoms with van der Waals surface area (Å²) in [4.78, 5) is 3.17. The quantitative estimate of drug-likeness (QED) is 0.818. The molecule has 1 aromatic carbocycles. The minimum absolute atomic E-state index is 0.151. The zero-order valence-electron chi connectivity index (χ0n) is 10.0. The molecular weight excluding hydrogens is 215 g/mol. The molecule has 1 atom stereocenters. The predicted molar refractivity (Wildman–Crippen MR) is 67.7 cm³/mol. The molecule has 3 rings (SSSR count). The summed E-state index contributed by atoms with van der Waals surface area (Å²) >= 11 is 0. The Kier molecular flexibility index (Phi) is 2.63. The van der Waals surface area contributed by atoms with Gasteiger partial charge in [0.25, 0.3) is 0 Å². The van der Waals surface area contributed by atoms with Crippen molar-refractivity contribution in [1.29, 1.82) is 0 Å². The Morgan fingerprint density at radius 3 is 3.06 bits per heavy atom. The monoisotopic (exact) mass is 232 g/mol. The number of hydrogen-bond acceptors (Lipinski definition) is 1. The summed E-state index contributed by atoms with van der Waals surface area (Å²) in [5.74, 6) is 0.539. The normalized spacial score (nSPS) is 20.2. The van der Waals surface area contributed by atoms with Gasteiger partial charge in [-0.2, -0.15) is 0 Å². The molecule has 1 fully saturated rings. The van der Waals surface area contributed by atoms with Crippen molar-refractivity contribution in [2.24, 2.45) is 5.92 Å². The third kappa shape index (κ3) is 1.84. The molecule has 0 spiro atoms. The first-order chi connectivity index (χ1) is 8.25. The number of para-hydroxylation sites is 1. The van der Waals surface area contributed by atoms with Crippen LogP contribution in [0.1, 0.15) is 17.7 Å². The Morgan fingerprint density at radius 1 is 1.41 bits per heavy atom. The highest BCUT2D eigenvalue weighted by atomic mass is 19.1. The largest absolute Gasteiger partial charge is 0.356 e. The predicted octanol–water partition coefficient (Wildman–Crippen LogP) is 2.77. The van der Waals surface area contributed by atoms with Gasteiger partial charge < -0.3 is 10.3 Å². The van der Waals surface area contributed by atoms with Crippen LogP contribution in [0.5, 0.6) is 0 Å². The Morgan fingerprint density at radius 2 is 2.29 bits per heavy atom. The minimum atomic E-state index is -0.151. The number of hydrogen-bond donors (Lipinski definition) is 2. The molecule has 2 N–H and O–H groups in total. The molecule has 1 saturated heterocycles. The van der Waals surface area contributed by atoms with Crippen molar-refractivity contribution >= 4 is 10.9 Å². The standard InChI is InChI=1S/C14H17FN2/c1-9-12(7-10-5-6-16-8-10)11-3-2-4-13(15)14(11)17-9/h2-4,10,16-17H,5-8H2,1H3. The Bertz CT molecular complexity index is 538. The van der Waals surface area contributed by atoms with Crippen molar-refractivity contribution in [3.8, 4) is 0 Å². The van der Waals surface area contributed by atoms with Crippen LogP contribution in [0, 0.1) is 18.7 Å². The average Bonchev–Trinajstić information content (AvgIpc) is 2.91. The summed E-state index contributed by atoms with van der Waals surface area (Å²) in [5, 5.41) is 4.43. The molecule has 3 heteroatoms. The molecule has 1 aliphatic rings. The van der Waals surface area contributed by atoms with Gasteiger partial charge >= 0.3 is 0 Å². The molecule has 90 valence electrons. The fraction of sp³-hybridized carbons (Fsp3) is 0.429. The van der Waals surface area contributed by atoms with Crippen molar-refractivity contribution < 1.29 is 4.39 Å². The minimum Gasteiger partial charge on any atom is -0.356 e. The highest BCUT2D eigenvalue weighted by Crippen LogP contribution is 2.27. The number of rotatable bonds is 2. The van der Waals surface area contributed by atoms with E-state index in [4.69, 9.17) is 0 Å². The lowest BCUT2D eigenvalue weighted by molar-refractivity contribution is 0.580. The van der Waals surface area contributed by atoms with E-state index >= 15 is 0 Å². The lowest BCUT2D eigenvalue weighted by atomic mass is 9.96. The molecule has 2 aromatic rings. The molecule has 2 heterocycles. The van der Waals surface area contributed by atoms with Crippen molar-refractivity contribution in [1.82, 2.24) is 10.3 Å². The highest BCUT2D eigenvalue weighted by Gasteiger charge is 2.19. The van der Waals surface area contributed by atoms with Gasteiger partial charge in [0.1, 0.15) is 5.82 Å². The number of H-pyrrole nitrogens is 1. The smallest absolute Gasteiger partial charge is 0.147 e. The molecule has 17 heavy (non-hydrogen) atoms. The molecule has 0 bridgehead atoms. The van der Waals surface area contributed by atoms with E-state index in [2.05, 4.69) is 10.3 Å². The summed E-state index contributed by atoms with van der Waals surface area (Å²) in [7, 11) is 0. The van der Waals surface area contributed by atoms with E-state index < -0.39 is 0 Å². The maximum Gasteiger partial charge on any atom is 0.147 e. The van der Waals surface area contributed by atoms with Crippen LogP contribution in [0.2, 0.25) is 0 Å². The summed E-state index contributed by atoms with van der Waals surface area (Å²) in [6, 6.07) is 5.32. The van der Waals surface area contributed by atoms with Gasteiger partial charge in [0.05, 0.1) is 5.52 Å². The number of fused-ring (bicyclic) bond motifs is 1. The SMILES string of the molecule is Cc1[nH]c2c(F)cccc2c1CC1CCNC1. The first-order valence-corrected chi connectivity index (χ1v) is 6.22. The Hall–Kier alpha value is -1.35. The van der Waals surface area contributed by atoms with Gasteiger partial charge in [-0.3, -0.25) is 0 Å². The van der Waals surface area contributed by atoms with Crippen molar-refractivity contribution in [3.05, 3.63) is 35.3 Å². The topological polar surface area (TPSA) is 27.8 Å². The van der Waals surface area contributed by atoms with Gasteiger partial charge in [0.15, 0.2) is 0 Å². The molecule has 0 saturated carbocycles. The average molecular weight is 232 g/mol. The second-order valence-corrected chi connectivity index (χ2v) is 4.95. The number of aromatic nitrogens is 1. The number of aryl methyl sites for hydroxylation is 1. The lowest BCUT2D eigenvalue weighted by Crippen LogP contribution is -2.11. The lowest BCUT2D eigenvalue weighted by Gasteiger charge is -2.08. The van der Waals surface area contributed by atoms with Crippen LogP contribution in [0.4, 0.5) is 4.39 Å². The van der Waals surface area contributed by atoms with Crippen LogP contribution in [-0.4, -0.2) is 18.1 Å². The summed E-state index contributed by atoms with van der Waals surface area (Å²) in [6.07, 6.45) is 2.27. The van der Waals surface area contributed by atoms with Crippen LogP contribution < -0.4 is 5.32 Å². The molecule has 1 aromatic heterocycles. The summed E-state index contributed by atoms with van der Waals surface area (Å²) < 4.78 is 13.6. The van der Waals surface area contributed by atoms with E-state index in [-0.39, 0.29) is 5.82 Å². The first kappa shape index (κ1) is 10.8. The summed E-state index contributed by atoms with van der Waals surface area (Å²) in [5.41, 5.74) is 3.05. The fourth-order valence-electron chi connectivity index (χ4n) is 2.81. The third-order valence-corrected chi connectivity index (χ3v) is 3.76. The number of aromatic amines is 1. The molecule has 0 amide bonds. The van der Waals surface area contributed by atoms with Crippen LogP contribution >= 0.6 is 0 Å². The number of benzene rings is 1. The first-order valence-electron chi connectivity index (χ1n) is 6.22. The summed E-state index contributed by atoms with van der Waals surface area (Å²) in [6.45, 7) is 4.24. The maximum atomic E-state index is 13.6. The van der Waals surface area contributed by atoms with E-state index in [1.165, 1.54) is 18.1 Å². The van der Waals surface area contributed by atoms with Gasteiger partial charge in [-0.25, -0.2) is 4.39 Å². The van der Waals surface area contributed by atoms with Gasteiger partial charge in [-0.1, -0.05) is 12.1 Å². The van der Waals surface area contributed by atoms with Crippen molar-refractivity contribution in [2.75, 3.05) is 13.1 Å². The molecule has 2 nitrogen and oxygen atoms in total. The van der Waals surface area contributed by atoms with E-state index in [1.807, 2.05) is 13.0 Å². The zero-order chi connectivity index (χ0) is 11.8. The third-order valence-electron chi connectivity index (χ3n) is 3.76. The van der Waals surface area contributed by atoms with Crippen molar-refractivity contribution in [3.63, 3.8) is 0 Å². The van der Waals surface area contributed by atoms with Crippen LogP contribution in [-0.2, 0) is 6.42 Å².